The van der Waals surface area contributed by atoms with Crippen LogP contribution in [0.4, 0.5) is 10.5 Å². The second kappa shape index (κ2) is 10.4. The molecule has 1 saturated heterocycles. The van der Waals surface area contributed by atoms with Crippen molar-refractivity contribution < 1.29 is 29.0 Å². The Morgan fingerprint density at radius 2 is 1.71 bits per heavy atom. The van der Waals surface area contributed by atoms with E-state index < -0.39 is 24.0 Å². The van der Waals surface area contributed by atoms with E-state index in [0.29, 0.717) is 44.2 Å². The number of nitrogens with zero attached hydrogens (tertiary/aromatic N) is 6. The van der Waals surface area contributed by atoms with Crippen molar-refractivity contribution in [3.63, 3.8) is 0 Å². The number of aliphatic carboxylic acids is 1. The summed E-state index contributed by atoms with van der Waals surface area (Å²) in [5.74, 6) is -1.73. The van der Waals surface area contributed by atoms with Crippen LogP contribution in [0.15, 0.2) is 18.5 Å². The van der Waals surface area contributed by atoms with Gasteiger partial charge in [0.05, 0.1) is 18.0 Å². The Balaban J connectivity index is 1.62. The van der Waals surface area contributed by atoms with Gasteiger partial charge in [0.25, 0.3) is 5.91 Å². The van der Waals surface area contributed by atoms with Crippen molar-refractivity contribution in [2.24, 2.45) is 0 Å². The lowest BCUT2D eigenvalue weighted by molar-refractivity contribution is -0.140. The van der Waals surface area contributed by atoms with Gasteiger partial charge in [0.1, 0.15) is 12.1 Å². The highest BCUT2D eigenvalue weighted by atomic mass is 16.6. The number of ether oxygens (including phenoxy) is 1. The van der Waals surface area contributed by atoms with Gasteiger partial charge in [0, 0.05) is 38.6 Å². The summed E-state index contributed by atoms with van der Waals surface area (Å²) in [6.45, 7) is 8.49. The van der Waals surface area contributed by atoms with Gasteiger partial charge in [0.2, 0.25) is 5.91 Å². The number of piperazine rings is 1. The van der Waals surface area contributed by atoms with Crippen LogP contribution in [0.2, 0.25) is 0 Å². The standard InChI is InChI=1S/C21H29N7O6/c1-5-34-21(33)26-10-8-25(9-11-26)19(30)14(3)28-12-17(13(2)23-28)22-18(29)16-6-7-27(24-16)15(4)20(31)32/h6-7,12,14-15H,5,8-11H2,1-4H3,(H,22,29)(H,31,32). The van der Waals surface area contributed by atoms with Crippen LogP contribution in [0.3, 0.4) is 0 Å². The highest BCUT2D eigenvalue weighted by Crippen LogP contribution is 2.19. The maximum atomic E-state index is 13.0. The van der Waals surface area contributed by atoms with Gasteiger partial charge in [-0.25, -0.2) is 9.59 Å². The topological polar surface area (TPSA) is 152 Å². The Labute approximate surface area is 196 Å². The molecular weight excluding hydrogens is 446 g/mol. The summed E-state index contributed by atoms with van der Waals surface area (Å²) in [5, 5.41) is 20.2. The largest absolute Gasteiger partial charge is 0.480 e. The zero-order valence-electron chi connectivity index (χ0n) is 19.6. The number of carbonyl (C=O) groups is 4. The first-order valence-electron chi connectivity index (χ1n) is 11.0. The molecule has 0 aromatic carbocycles. The molecule has 3 amide bonds. The van der Waals surface area contributed by atoms with Gasteiger partial charge < -0.3 is 25.0 Å². The summed E-state index contributed by atoms with van der Waals surface area (Å²) in [6.07, 6.45) is 2.61. The first-order chi connectivity index (χ1) is 16.1. The van der Waals surface area contributed by atoms with Gasteiger partial charge in [-0.05, 0) is 33.8 Å². The first kappa shape index (κ1) is 24.7. The fourth-order valence-corrected chi connectivity index (χ4v) is 3.48. The Morgan fingerprint density at radius 3 is 2.32 bits per heavy atom. The molecule has 0 bridgehead atoms. The van der Waals surface area contributed by atoms with Crippen molar-refractivity contribution >= 4 is 29.6 Å². The van der Waals surface area contributed by atoms with Crippen molar-refractivity contribution in [2.45, 2.75) is 39.8 Å². The van der Waals surface area contributed by atoms with E-state index in [1.165, 1.54) is 28.6 Å². The number of carbonyl (C=O) groups excluding carboxylic acids is 3. The molecule has 0 spiro atoms. The van der Waals surface area contributed by atoms with Crippen molar-refractivity contribution in [1.82, 2.24) is 29.4 Å². The molecule has 13 heteroatoms. The van der Waals surface area contributed by atoms with Crippen LogP contribution >= 0.6 is 0 Å². The van der Waals surface area contributed by atoms with E-state index >= 15 is 0 Å². The van der Waals surface area contributed by atoms with Crippen molar-refractivity contribution in [1.29, 1.82) is 0 Å². The van der Waals surface area contributed by atoms with E-state index in [2.05, 4.69) is 15.5 Å². The number of anilines is 1. The van der Waals surface area contributed by atoms with E-state index in [1.54, 1.807) is 36.8 Å². The predicted octanol–water partition coefficient (Wildman–Crippen LogP) is 1.15. The molecule has 184 valence electrons. The maximum Gasteiger partial charge on any atom is 0.409 e. The number of amides is 3. The van der Waals surface area contributed by atoms with Gasteiger partial charge in [0.15, 0.2) is 5.69 Å². The number of hydrogen-bond donors (Lipinski definition) is 2. The minimum atomic E-state index is -1.06. The predicted molar refractivity (Wildman–Crippen MR) is 119 cm³/mol. The summed E-state index contributed by atoms with van der Waals surface area (Å²) in [4.78, 5) is 51.7. The molecule has 1 aliphatic heterocycles. The second-order valence-corrected chi connectivity index (χ2v) is 7.94. The second-order valence-electron chi connectivity index (χ2n) is 7.94. The monoisotopic (exact) mass is 475 g/mol. The first-order valence-corrected chi connectivity index (χ1v) is 11.0. The number of carboxylic acid groups (broad SMARTS) is 1. The zero-order chi connectivity index (χ0) is 25.0. The van der Waals surface area contributed by atoms with Gasteiger partial charge in [-0.15, -0.1) is 0 Å². The highest BCUT2D eigenvalue weighted by molar-refractivity contribution is 6.03. The molecule has 1 fully saturated rings. The molecule has 2 N–H and O–H groups in total. The van der Waals surface area contributed by atoms with Crippen LogP contribution < -0.4 is 5.32 Å². The molecule has 2 aromatic heterocycles. The lowest BCUT2D eigenvalue weighted by Gasteiger charge is -2.35. The van der Waals surface area contributed by atoms with Crippen LogP contribution in [0.1, 0.15) is 49.0 Å². The van der Waals surface area contributed by atoms with Crippen LogP contribution in [-0.2, 0) is 14.3 Å². The summed E-state index contributed by atoms with van der Waals surface area (Å²) < 4.78 is 7.67. The number of nitrogens with one attached hydrogen (secondary N) is 1. The third kappa shape index (κ3) is 5.35. The van der Waals surface area contributed by atoms with Crippen molar-refractivity contribution in [2.75, 3.05) is 38.1 Å². The maximum absolute atomic E-state index is 13.0. The average Bonchev–Trinajstić information content (AvgIpc) is 3.45. The molecule has 1 aliphatic rings. The Bertz CT molecular complexity index is 1070. The van der Waals surface area contributed by atoms with Gasteiger partial charge in [-0.1, -0.05) is 0 Å². The number of aryl methyl sites for hydroxylation is 1. The molecule has 2 unspecified atom stereocenters. The molecular formula is C21H29N7O6. The molecule has 0 saturated carbocycles. The SMILES string of the molecule is CCOC(=O)N1CCN(C(=O)C(C)n2cc(NC(=O)c3ccn(C(C)C(=O)O)n3)c(C)n2)CC1. The molecule has 34 heavy (non-hydrogen) atoms. The lowest BCUT2D eigenvalue weighted by atomic mass is 10.2. The van der Waals surface area contributed by atoms with E-state index in [4.69, 9.17) is 9.84 Å². The molecule has 2 atom stereocenters. The Morgan fingerprint density at radius 1 is 1.06 bits per heavy atom. The summed E-state index contributed by atoms with van der Waals surface area (Å²) in [7, 11) is 0. The Hall–Kier alpha value is -3.90. The average molecular weight is 476 g/mol. The zero-order valence-corrected chi connectivity index (χ0v) is 19.6. The summed E-state index contributed by atoms with van der Waals surface area (Å²) >= 11 is 0. The molecule has 13 nitrogen and oxygen atoms in total. The minimum Gasteiger partial charge on any atom is -0.480 e. The van der Waals surface area contributed by atoms with E-state index in [0.717, 1.165) is 0 Å². The molecule has 2 aromatic rings. The number of rotatable bonds is 7. The Kier molecular flexibility index (Phi) is 7.54. The molecule has 0 aliphatic carbocycles. The fraction of sp³-hybridized carbons (Fsp3) is 0.524. The quantitative estimate of drug-likeness (QED) is 0.605. The van der Waals surface area contributed by atoms with E-state index in [-0.39, 0.29) is 17.7 Å². The molecule has 0 radical (unpaired) electrons. The summed E-state index contributed by atoms with van der Waals surface area (Å²) in [6, 6.07) is -0.0949. The van der Waals surface area contributed by atoms with E-state index in [9.17, 15) is 19.2 Å². The molecule has 3 rings (SSSR count). The minimum absolute atomic E-state index is 0.0591. The lowest BCUT2D eigenvalue weighted by Crippen LogP contribution is -2.52. The smallest absolute Gasteiger partial charge is 0.409 e. The van der Waals surface area contributed by atoms with Crippen molar-refractivity contribution in [3.8, 4) is 0 Å². The van der Waals surface area contributed by atoms with E-state index in [1.807, 2.05) is 0 Å². The van der Waals surface area contributed by atoms with Crippen molar-refractivity contribution in [3.05, 3.63) is 29.8 Å². The highest BCUT2D eigenvalue weighted by Gasteiger charge is 2.29. The fourth-order valence-electron chi connectivity index (χ4n) is 3.48. The molecule has 3 heterocycles. The van der Waals surface area contributed by atoms with Gasteiger partial charge >= 0.3 is 12.1 Å². The van der Waals surface area contributed by atoms with Crippen LogP contribution in [0.25, 0.3) is 0 Å². The third-order valence-corrected chi connectivity index (χ3v) is 5.63. The number of aromatic nitrogens is 4. The van der Waals surface area contributed by atoms with Gasteiger partial charge in [-0.3, -0.25) is 19.0 Å². The third-order valence-electron chi connectivity index (χ3n) is 5.63. The summed E-state index contributed by atoms with van der Waals surface area (Å²) in [5.41, 5.74) is 0.986. The van der Waals surface area contributed by atoms with Gasteiger partial charge in [-0.2, -0.15) is 10.2 Å². The number of carboxylic acids is 1. The number of hydrogen-bond acceptors (Lipinski definition) is 7. The van der Waals surface area contributed by atoms with Crippen LogP contribution in [0, 0.1) is 6.92 Å². The van der Waals surface area contributed by atoms with Crippen LogP contribution in [-0.4, -0.2) is 91.1 Å². The normalized spacial score (nSPS) is 15.5. The van der Waals surface area contributed by atoms with Crippen LogP contribution in [0.5, 0.6) is 0 Å².